The second-order valence-electron chi connectivity index (χ2n) is 3.90. The standard InChI is InChI=1S/C13H19FN2O2/c14-11-3-5-12(6-4-11)18-10-2-1-9-16-13(17)7-8-15/h3-6H,1-2,7-10,15H2,(H,16,17). The minimum Gasteiger partial charge on any atom is -0.494 e. The van der Waals surface area contributed by atoms with Crippen LogP contribution in [0, 0.1) is 5.82 Å². The van der Waals surface area contributed by atoms with Crippen molar-refractivity contribution in [2.75, 3.05) is 19.7 Å². The van der Waals surface area contributed by atoms with E-state index in [0.29, 0.717) is 31.9 Å². The molecule has 4 nitrogen and oxygen atoms in total. The highest BCUT2D eigenvalue weighted by atomic mass is 19.1. The average molecular weight is 254 g/mol. The highest BCUT2D eigenvalue weighted by Gasteiger charge is 1.98. The third kappa shape index (κ3) is 6.20. The lowest BCUT2D eigenvalue weighted by Crippen LogP contribution is -2.26. The van der Waals surface area contributed by atoms with Gasteiger partial charge < -0.3 is 15.8 Å². The number of carbonyl (C=O) groups excluding carboxylic acids is 1. The van der Waals surface area contributed by atoms with Gasteiger partial charge in [0, 0.05) is 19.5 Å². The lowest BCUT2D eigenvalue weighted by molar-refractivity contribution is -0.120. The van der Waals surface area contributed by atoms with Crippen molar-refractivity contribution < 1.29 is 13.9 Å². The van der Waals surface area contributed by atoms with Crippen LogP contribution in [0.4, 0.5) is 4.39 Å². The monoisotopic (exact) mass is 254 g/mol. The largest absolute Gasteiger partial charge is 0.494 e. The fourth-order valence-corrected chi connectivity index (χ4v) is 1.40. The summed E-state index contributed by atoms with van der Waals surface area (Å²) in [5, 5.41) is 2.77. The van der Waals surface area contributed by atoms with E-state index in [0.717, 1.165) is 12.8 Å². The Kier molecular flexibility index (Phi) is 6.79. The molecule has 100 valence electrons. The molecule has 0 atom stereocenters. The van der Waals surface area contributed by atoms with E-state index in [2.05, 4.69) is 5.32 Å². The Bertz CT molecular complexity index is 355. The van der Waals surface area contributed by atoms with E-state index < -0.39 is 0 Å². The van der Waals surface area contributed by atoms with Gasteiger partial charge in [0.15, 0.2) is 0 Å². The first-order valence-electron chi connectivity index (χ1n) is 6.07. The molecule has 0 fully saturated rings. The van der Waals surface area contributed by atoms with Crippen LogP contribution < -0.4 is 15.8 Å². The number of ether oxygens (including phenoxy) is 1. The number of hydrogen-bond donors (Lipinski definition) is 2. The van der Waals surface area contributed by atoms with Crippen LogP contribution in [-0.4, -0.2) is 25.6 Å². The van der Waals surface area contributed by atoms with Crippen LogP contribution in [0.25, 0.3) is 0 Å². The van der Waals surface area contributed by atoms with Crippen molar-refractivity contribution in [1.29, 1.82) is 0 Å². The van der Waals surface area contributed by atoms with E-state index >= 15 is 0 Å². The molecule has 0 aliphatic rings. The number of nitrogens with two attached hydrogens (primary N) is 1. The number of nitrogens with one attached hydrogen (secondary N) is 1. The molecule has 0 aliphatic heterocycles. The van der Waals surface area contributed by atoms with Crippen molar-refractivity contribution in [3.8, 4) is 5.75 Å². The molecule has 0 heterocycles. The fourth-order valence-electron chi connectivity index (χ4n) is 1.40. The summed E-state index contributed by atoms with van der Waals surface area (Å²) < 4.78 is 18.0. The zero-order chi connectivity index (χ0) is 13.2. The van der Waals surface area contributed by atoms with Gasteiger partial charge in [0.2, 0.25) is 5.91 Å². The molecule has 18 heavy (non-hydrogen) atoms. The normalized spacial score (nSPS) is 10.1. The SMILES string of the molecule is NCCC(=O)NCCCCOc1ccc(F)cc1. The van der Waals surface area contributed by atoms with Gasteiger partial charge in [-0.2, -0.15) is 0 Å². The van der Waals surface area contributed by atoms with Crippen molar-refractivity contribution in [3.63, 3.8) is 0 Å². The number of hydrogen-bond acceptors (Lipinski definition) is 3. The van der Waals surface area contributed by atoms with Gasteiger partial charge in [-0.25, -0.2) is 4.39 Å². The lowest BCUT2D eigenvalue weighted by Gasteiger charge is -2.06. The number of amides is 1. The quantitative estimate of drug-likeness (QED) is 0.690. The number of benzene rings is 1. The molecule has 0 aliphatic carbocycles. The predicted molar refractivity (Wildman–Crippen MR) is 67.8 cm³/mol. The maximum absolute atomic E-state index is 12.6. The van der Waals surface area contributed by atoms with Crippen LogP contribution in [0.5, 0.6) is 5.75 Å². The van der Waals surface area contributed by atoms with Gasteiger partial charge in [-0.05, 0) is 37.1 Å². The fraction of sp³-hybridized carbons (Fsp3) is 0.462. The van der Waals surface area contributed by atoms with E-state index in [1.165, 1.54) is 12.1 Å². The Morgan fingerprint density at radius 3 is 2.67 bits per heavy atom. The van der Waals surface area contributed by atoms with Crippen LogP contribution >= 0.6 is 0 Å². The third-order valence-corrected chi connectivity index (χ3v) is 2.35. The van der Waals surface area contributed by atoms with Gasteiger partial charge in [0.05, 0.1) is 6.61 Å². The van der Waals surface area contributed by atoms with Crippen LogP contribution in [0.1, 0.15) is 19.3 Å². The van der Waals surface area contributed by atoms with Crippen LogP contribution in [0.15, 0.2) is 24.3 Å². The molecular weight excluding hydrogens is 235 g/mol. The Balaban J connectivity index is 2.02. The van der Waals surface area contributed by atoms with Gasteiger partial charge in [-0.3, -0.25) is 4.79 Å². The predicted octanol–water partition coefficient (Wildman–Crippen LogP) is 1.45. The first-order chi connectivity index (χ1) is 8.72. The maximum Gasteiger partial charge on any atom is 0.221 e. The summed E-state index contributed by atoms with van der Waals surface area (Å²) in [4.78, 5) is 11.1. The van der Waals surface area contributed by atoms with Crippen molar-refractivity contribution >= 4 is 5.91 Å². The second kappa shape index (κ2) is 8.47. The van der Waals surface area contributed by atoms with Gasteiger partial charge >= 0.3 is 0 Å². The number of halogens is 1. The summed E-state index contributed by atoms with van der Waals surface area (Å²) in [5.74, 6) is 0.366. The van der Waals surface area contributed by atoms with Crippen molar-refractivity contribution in [2.24, 2.45) is 5.73 Å². The highest BCUT2D eigenvalue weighted by Crippen LogP contribution is 2.11. The highest BCUT2D eigenvalue weighted by molar-refractivity contribution is 5.75. The molecule has 0 bridgehead atoms. The summed E-state index contributed by atoms with van der Waals surface area (Å²) in [6.45, 7) is 1.56. The molecule has 5 heteroatoms. The number of unbranched alkanes of at least 4 members (excludes halogenated alkanes) is 1. The van der Waals surface area contributed by atoms with Gasteiger partial charge in [-0.1, -0.05) is 0 Å². The third-order valence-electron chi connectivity index (χ3n) is 2.35. The van der Waals surface area contributed by atoms with Gasteiger partial charge in [0.1, 0.15) is 11.6 Å². The second-order valence-corrected chi connectivity index (χ2v) is 3.90. The zero-order valence-corrected chi connectivity index (χ0v) is 10.3. The number of carbonyl (C=O) groups is 1. The molecule has 0 radical (unpaired) electrons. The van der Waals surface area contributed by atoms with Crippen LogP contribution in [0.3, 0.4) is 0 Å². The molecule has 3 N–H and O–H groups in total. The molecule has 1 aromatic carbocycles. The molecule has 1 rings (SSSR count). The molecule has 0 spiro atoms. The molecule has 1 amide bonds. The summed E-state index contributed by atoms with van der Waals surface area (Å²) in [6, 6.07) is 5.92. The van der Waals surface area contributed by atoms with Crippen molar-refractivity contribution in [3.05, 3.63) is 30.1 Å². The minimum atomic E-state index is -0.273. The molecular formula is C13H19FN2O2. The average Bonchev–Trinajstić information content (AvgIpc) is 2.36. The van der Waals surface area contributed by atoms with Crippen LogP contribution in [0.2, 0.25) is 0 Å². The maximum atomic E-state index is 12.6. The summed E-state index contributed by atoms with van der Waals surface area (Å²) in [7, 11) is 0. The molecule has 0 saturated heterocycles. The molecule has 0 unspecified atom stereocenters. The van der Waals surface area contributed by atoms with E-state index in [4.69, 9.17) is 10.5 Å². The van der Waals surface area contributed by atoms with Crippen molar-refractivity contribution in [2.45, 2.75) is 19.3 Å². The van der Waals surface area contributed by atoms with E-state index in [1.807, 2.05) is 0 Å². The van der Waals surface area contributed by atoms with Crippen molar-refractivity contribution in [1.82, 2.24) is 5.32 Å². The summed E-state index contributed by atoms with van der Waals surface area (Å²) >= 11 is 0. The minimum absolute atomic E-state index is 0.0167. The Morgan fingerprint density at radius 1 is 1.28 bits per heavy atom. The van der Waals surface area contributed by atoms with Gasteiger partial charge in [-0.15, -0.1) is 0 Å². The first kappa shape index (κ1) is 14.4. The van der Waals surface area contributed by atoms with E-state index in [1.54, 1.807) is 12.1 Å². The Labute approximate surface area is 106 Å². The van der Waals surface area contributed by atoms with E-state index in [9.17, 15) is 9.18 Å². The summed E-state index contributed by atoms with van der Waals surface area (Å²) in [6.07, 6.45) is 2.05. The lowest BCUT2D eigenvalue weighted by atomic mass is 10.3. The van der Waals surface area contributed by atoms with E-state index in [-0.39, 0.29) is 11.7 Å². The Hall–Kier alpha value is -1.62. The summed E-state index contributed by atoms with van der Waals surface area (Å²) in [5.41, 5.74) is 5.25. The molecule has 1 aromatic rings. The van der Waals surface area contributed by atoms with Crippen LogP contribution in [-0.2, 0) is 4.79 Å². The zero-order valence-electron chi connectivity index (χ0n) is 10.3. The smallest absolute Gasteiger partial charge is 0.221 e. The molecule has 0 saturated carbocycles. The molecule has 0 aromatic heterocycles. The first-order valence-corrected chi connectivity index (χ1v) is 6.07. The number of rotatable bonds is 8. The van der Waals surface area contributed by atoms with Gasteiger partial charge in [0.25, 0.3) is 0 Å². The topological polar surface area (TPSA) is 64.4 Å². The Morgan fingerprint density at radius 2 is 2.00 bits per heavy atom.